The van der Waals surface area contributed by atoms with E-state index in [0.717, 1.165) is 12.8 Å². The van der Waals surface area contributed by atoms with Gasteiger partial charge in [-0.25, -0.2) is 9.59 Å². The number of nitrogens with one attached hydrogen (secondary N) is 2. The number of anilines is 3. The molecule has 11 nitrogen and oxygen atoms in total. The topological polar surface area (TPSA) is 163 Å². The number of hydrogen-bond donors (Lipinski definition) is 5. The molecule has 0 unspecified atom stereocenters. The van der Waals surface area contributed by atoms with Crippen LogP contribution >= 0.6 is 0 Å². The second-order valence-electron chi connectivity index (χ2n) is 9.06. The summed E-state index contributed by atoms with van der Waals surface area (Å²) in [5.74, 6) is -0.445. The Balaban J connectivity index is 1.36. The Labute approximate surface area is 225 Å². The van der Waals surface area contributed by atoms with Crippen molar-refractivity contribution in [3.05, 3.63) is 71.8 Å². The number of carboxylic acid groups (broad SMARTS) is 1. The number of amides is 3. The minimum absolute atomic E-state index is 0.0568. The van der Waals surface area contributed by atoms with E-state index in [1.807, 2.05) is 0 Å². The molecule has 39 heavy (non-hydrogen) atoms. The molecule has 1 fully saturated rings. The molecule has 4 rings (SSSR count). The van der Waals surface area contributed by atoms with E-state index >= 15 is 0 Å². The van der Waals surface area contributed by atoms with Gasteiger partial charge in [-0.3, -0.25) is 4.79 Å². The molecule has 11 heteroatoms. The monoisotopic (exact) mass is 534 g/mol. The number of nitrogen functional groups attached to an aromatic ring is 1. The summed E-state index contributed by atoms with van der Waals surface area (Å²) < 4.78 is 11.3. The minimum Gasteiger partial charge on any atom is -0.506 e. The maximum atomic E-state index is 13.2. The van der Waals surface area contributed by atoms with Gasteiger partial charge < -0.3 is 41.0 Å². The molecule has 0 radical (unpaired) electrons. The number of urea groups is 1. The Morgan fingerprint density at radius 1 is 1.03 bits per heavy atom. The zero-order valence-electron chi connectivity index (χ0n) is 21.3. The molecule has 1 saturated heterocycles. The first-order valence-electron chi connectivity index (χ1n) is 12.3. The molecule has 0 bridgehead atoms. The lowest BCUT2D eigenvalue weighted by Crippen LogP contribution is -2.40. The quantitative estimate of drug-likeness (QED) is 0.204. The Hall–Kier alpha value is -4.93. The van der Waals surface area contributed by atoms with Crippen LogP contribution in [0.3, 0.4) is 0 Å². The summed E-state index contributed by atoms with van der Waals surface area (Å²) in [6.07, 6.45) is 1.75. The first-order chi connectivity index (χ1) is 18.7. The lowest BCUT2D eigenvalue weighted by atomic mass is 10.1. The number of benzene rings is 3. The van der Waals surface area contributed by atoms with Gasteiger partial charge in [-0.1, -0.05) is 18.2 Å². The van der Waals surface area contributed by atoms with Crippen molar-refractivity contribution >= 4 is 35.0 Å². The Kier molecular flexibility index (Phi) is 8.40. The van der Waals surface area contributed by atoms with E-state index in [-0.39, 0.29) is 47.7 Å². The van der Waals surface area contributed by atoms with E-state index in [0.29, 0.717) is 29.3 Å². The number of nitrogens with zero attached hydrogens (tertiary/aromatic N) is 1. The second-order valence-corrected chi connectivity index (χ2v) is 9.06. The van der Waals surface area contributed by atoms with Crippen LogP contribution < -0.4 is 25.8 Å². The van der Waals surface area contributed by atoms with Crippen LogP contribution in [-0.2, 0) is 11.2 Å². The molecule has 1 heterocycles. The smallest absolute Gasteiger partial charge is 0.335 e. The third-order valence-electron chi connectivity index (χ3n) is 6.41. The molecular formula is C28H30N4O7. The minimum atomic E-state index is -1.07. The average molecular weight is 535 g/mol. The van der Waals surface area contributed by atoms with Crippen LogP contribution in [0.1, 0.15) is 28.8 Å². The predicted molar refractivity (Wildman–Crippen MR) is 145 cm³/mol. The third kappa shape index (κ3) is 6.69. The highest BCUT2D eigenvalue weighted by atomic mass is 16.5. The van der Waals surface area contributed by atoms with Crippen LogP contribution in [0.2, 0.25) is 0 Å². The molecule has 0 saturated carbocycles. The van der Waals surface area contributed by atoms with Crippen LogP contribution in [-0.4, -0.2) is 59.3 Å². The van der Waals surface area contributed by atoms with Crippen molar-refractivity contribution in [3.8, 4) is 17.2 Å². The lowest BCUT2D eigenvalue weighted by Gasteiger charge is -2.25. The molecule has 0 aromatic heterocycles. The summed E-state index contributed by atoms with van der Waals surface area (Å²) in [7, 11) is 1.47. The van der Waals surface area contributed by atoms with Gasteiger partial charge in [-0.15, -0.1) is 0 Å². The van der Waals surface area contributed by atoms with Gasteiger partial charge >= 0.3 is 12.0 Å². The van der Waals surface area contributed by atoms with Crippen LogP contribution in [0, 0.1) is 0 Å². The van der Waals surface area contributed by atoms with Crippen molar-refractivity contribution in [3.63, 3.8) is 0 Å². The molecule has 204 valence electrons. The van der Waals surface area contributed by atoms with Crippen molar-refractivity contribution < 1.29 is 34.1 Å². The molecule has 3 aromatic rings. The number of nitrogens with two attached hydrogens (primary N) is 1. The van der Waals surface area contributed by atoms with Crippen LogP contribution in [0.25, 0.3) is 0 Å². The van der Waals surface area contributed by atoms with Crippen molar-refractivity contribution in [2.75, 3.05) is 36.6 Å². The molecule has 6 N–H and O–H groups in total. The summed E-state index contributed by atoms with van der Waals surface area (Å²) in [4.78, 5) is 38.5. The number of carbonyl (C=O) groups excluding carboxylic acids is 2. The van der Waals surface area contributed by atoms with Crippen LogP contribution in [0.4, 0.5) is 21.9 Å². The Bertz CT molecular complexity index is 1380. The fourth-order valence-corrected chi connectivity index (χ4v) is 4.42. The molecule has 3 amide bonds. The molecule has 0 spiro atoms. The number of phenols is 1. The number of hydrogen-bond acceptors (Lipinski definition) is 7. The third-order valence-corrected chi connectivity index (χ3v) is 6.41. The summed E-state index contributed by atoms with van der Waals surface area (Å²) in [5.41, 5.74) is 7.61. The first kappa shape index (κ1) is 27.1. The maximum absolute atomic E-state index is 13.2. The zero-order chi connectivity index (χ0) is 27.9. The number of para-hydroxylation sites is 2. The predicted octanol–water partition coefficient (Wildman–Crippen LogP) is 3.94. The number of methoxy groups -OCH3 is 1. The second kappa shape index (κ2) is 12.1. The van der Waals surface area contributed by atoms with E-state index in [1.54, 1.807) is 41.3 Å². The Morgan fingerprint density at radius 3 is 2.51 bits per heavy atom. The van der Waals surface area contributed by atoms with E-state index < -0.39 is 12.0 Å². The number of likely N-dealkylation sites (tertiary alicyclic amines) is 1. The number of rotatable bonds is 9. The van der Waals surface area contributed by atoms with Crippen molar-refractivity contribution in [1.82, 2.24) is 4.90 Å². The maximum Gasteiger partial charge on any atom is 0.335 e. The standard InChI is InChI=1S/C28H30N4O7/c1-38-25-13-17(8-10-22(25)31-28(37)30-21-6-2-3-7-23(21)33)14-26(34)32-12-4-5-19(32)16-39-24-11-9-18(27(35)36)15-20(24)29/h2-3,6-11,13,15,19,33H,4-5,12,14,16,29H2,1H3,(H,35,36)(H2,30,31,37)/t19-/m0/s1. The number of aromatic hydroxyl groups is 1. The lowest BCUT2D eigenvalue weighted by molar-refractivity contribution is -0.131. The Morgan fingerprint density at radius 2 is 1.79 bits per heavy atom. The number of phenolic OH excluding ortho intramolecular Hbond substituents is 1. The molecule has 1 atom stereocenters. The van der Waals surface area contributed by atoms with Gasteiger partial charge in [-0.2, -0.15) is 0 Å². The van der Waals surface area contributed by atoms with Crippen molar-refractivity contribution in [1.29, 1.82) is 0 Å². The first-order valence-corrected chi connectivity index (χ1v) is 12.3. The van der Waals surface area contributed by atoms with Gasteiger partial charge in [0.15, 0.2) is 0 Å². The molecule has 0 aliphatic carbocycles. The highest BCUT2D eigenvalue weighted by Crippen LogP contribution is 2.29. The van der Waals surface area contributed by atoms with Gasteiger partial charge in [0.2, 0.25) is 5.91 Å². The average Bonchev–Trinajstić information content (AvgIpc) is 3.39. The van der Waals surface area contributed by atoms with Gasteiger partial charge in [0.25, 0.3) is 0 Å². The highest BCUT2D eigenvalue weighted by Gasteiger charge is 2.29. The number of ether oxygens (including phenoxy) is 2. The van der Waals surface area contributed by atoms with Crippen LogP contribution in [0.15, 0.2) is 60.7 Å². The van der Waals surface area contributed by atoms with Crippen molar-refractivity contribution in [2.45, 2.75) is 25.3 Å². The van der Waals surface area contributed by atoms with Gasteiger partial charge in [-0.05, 0) is 60.9 Å². The summed E-state index contributed by atoms with van der Waals surface area (Å²) >= 11 is 0. The fraction of sp³-hybridized carbons (Fsp3) is 0.250. The van der Waals surface area contributed by atoms with Crippen LogP contribution in [0.5, 0.6) is 17.2 Å². The number of aromatic carboxylic acids is 1. The highest BCUT2D eigenvalue weighted by molar-refractivity contribution is 6.01. The van der Waals surface area contributed by atoms with Gasteiger partial charge in [0, 0.05) is 6.54 Å². The summed E-state index contributed by atoms with van der Waals surface area (Å²) in [5, 5.41) is 24.2. The summed E-state index contributed by atoms with van der Waals surface area (Å²) in [6.45, 7) is 0.837. The zero-order valence-corrected chi connectivity index (χ0v) is 21.3. The fourth-order valence-electron chi connectivity index (χ4n) is 4.42. The summed E-state index contributed by atoms with van der Waals surface area (Å²) in [6, 6.07) is 15.0. The van der Waals surface area contributed by atoms with Gasteiger partial charge in [0.1, 0.15) is 23.9 Å². The van der Waals surface area contributed by atoms with E-state index in [1.165, 1.54) is 31.4 Å². The molecule has 1 aliphatic rings. The normalized spacial score (nSPS) is 14.5. The largest absolute Gasteiger partial charge is 0.506 e. The van der Waals surface area contributed by atoms with Gasteiger partial charge in [0.05, 0.1) is 42.2 Å². The molecule has 3 aromatic carbocycles. The van der Waals surface area contributed by atoms with Crippen molar-refractivity contribution in [2.24, 2.45) is 0 Å². The SMILES string of the molecule is COc1cc(CC(=O)N2CCC[C@H]2COc2ccc(C(=O)O)cc2N)ccc1NC(=O)Nc1ccccc1O. The van der Waals surface area contributed by atoms with E-state index in [9.17, 15) is 19.5 Å². The van der Waals surface area contributed by atoms with E-state index in [4.69, 9.17) is 20.3 Å². The molecular weight excluding hydrogens is 504 g/mol. The number of carboxylic acids is 1. The van der Waals surface area contributed by atoms with E-state index in [2.05, 4.69) is 10.6 Å². The number of carbonyl (C=O) groups is 3. The molecule has 1 aliphatic heterocycles.